The molecule has 1 rings (SSSR count). The van der Waals surface area contributed by atoms with Crippen molar-refractivity contribution in [3.05, 3.63) is 28.6 Å². The number of esters is 1. The van der Waals surface area contributed by atoms with Gasteiger partial charge in [-0.05, 0) is 31.6 Å². The average Bonchev–Trinajstić information content (AvgIpc) is 2.74. The van der Waals surface area contributed by atoms with Crippen molar-refractivity contribution in [3.8, 4) is 12.1 Å². The number of nitriles is 2. The summed E-state index contributed by atoms with van der Waals surface area (Å²) in [6, 6.07) is 5.38. The van der Waals surface area contributed by atoms with Crippen LogP contribution in [0.5, 0.6) is 0 Å². The number of methoxy groups -OCH3 is 1. The van der Waals surface area contributed by atoms with Gasteiger partial charge in [-0.3, -0.25) is 0 Å². The predicted octanol–water partition coefficient (Wildman–Crippen LogP) is 1.73. The van der Waals surface area contributed by atoms with E-state index in [0.29, 0.717) is 13.2 Å². The molecule has 1 heterocycles. The Hall–Kier alpha value is -2.57. The van der Waals surface area contributed by atoms with Crippen molar-refractivity contribution in [1.29, 1.82) is 10.5 Å². The summed E-state index contributed by atoms with van der Waals surface area (Å²) in [6.45, 7) is 4.76. The second kappa shape index (κ2) is 7.88. The quantitative estimate of drug-likeness (QED) is 0.451. The summed E-state index contributed by atoms with van der Waals surface area (Å²) >= 11 is 0. The van der Waals surface area contributed by atoms with Crippen LogP contribution in [0.15, 0.2) is 11.6 Å². The normalized spacial score (nSPS) is 10.8. The molecule has 0 fully saturated rings. The number of aromatic nitrogens is 1. The first-order valence-corrected chi connectivity index (χ1v) is 6.36. The maximum absolute atomic E-state index is 11.6. The van der Waals surface area contributed by atoms with Gasteiger partial charge in [0.1, 0.15) is 17.7 Å². The van der Waals surface area contributed by atoms with Crippen LogP contribution in [0.1, 0.15) is 17.0 Å². The van der Waals surface area contributed by atoms with Gasteiger partial charge < -0.3 is 14.0 Å². The molecule has 21 heavy (non-hydrogen) atoms. The van der Waals surface area contributed by atoms with Crippen LogP contribution >= 0.6 is 0 Å². The van der Waals surface area contributed by atoms with E-state index in [-0.39, 0.29) is 12.2 Å². The number of nitrogens with zero attached hydrogens (tertiary/aromatic N) is 3. The summed E-state index contributed by atoms with van der Waals surface area (Å²) in [5.41, 5.74) is 2.59. The summed E-state index contributed by atoms with van der Waals surface area (Å²) in [7, 11) is 1.63. The Morgan fingerprint density at radius 2 is 2.14 bits per heavy atom. The standard InChI is InChI=1S/C15H17N3O3/c1-11-8-13(12(2)18(11)5-7-20-3)9-14(10-17)15(19)21-6-4-16/h8-9H,5-7H2,1-3H3. The first-order chi connectivity index (χ1) is 10.0. The fourth-order valence-electron chi connectivity index (χ4n) is 1.97. The third-order valence-corrected chi connectivity index (χ3v) is 3.04. The predicted molar refractivity (Wildman–Crippen MR) is 75.9 cm³/mol. The lowest BCUT2D eigenvalue weighted by molar-refractivity contribution is -0.137. The molecule has 6 heteroatoms. The van der Waals surface area contributed by atoms with E-state index in [0.717, 1.165) is 17.0 Å². The zero-order valence-corrected chi connectivity index (χ0v) is 12.3. The molecule has 0 radical (unpaired) electrons. The van der Waals surface area contributed by atoms with Crippen LogP contribution in [0.2, 0.25) is 0 Å². The number of hydrogen-bond donors (Lipinski definition) is 0. The number of aryl methyl sites for hydroxylation is 1. The summed E-state index contributed by atoms with van der Waals surface area (Å²) in [5.74, 6) is -0.791. The first-order valence-electron chi connectivity index (χ1n) is 6.36. The molecule has 0 unspecified atom stereocenters. The summed E-state index contributed by atoms with van der Waals surface area (Å²) < 4.78 is 11.7. The fraction of sp³-hybridized carbons (Fsp3) is 0.400. The highest BCUT2D eigenvalue weighted by atomic mass is 16.5. The van der Waals surface area contributed by atoms with Crippen molar-refractivity contribution < 1.29 is 14.3 Å². The number of rotatable bonds is 6. The number of hydrogen-bond acceptors (Lipinski definition) is 5. The molecule has 0 aliphatic rings. The second-order valence-electron chi connectivity index (χ2n) is 4.37. The van der Waals surface area contributed by atoms with E-state index in [1.165, 1.54) is 6.08 Å². The van der Waals surface area contributed by atoms with Gasteiger partial charge in [-0.15, -0.1) is 0 Å². The molecule has 6 nitrogen and oxygen atoms in total. The van der Waals surface area contributed by atoms with E-state index in [9.17, 15) is 4.79 Å². The van der Waals surface area contributed by atoms with Gasteiger partial charge in [0, 0.05) is 25.0 Å². The Morgan fingerprint density at radius 3 is 2.71 bits per heavy atom. The third-order valence-electron chi connectivity index (χ3n) is 3.04. The Morgan fingerprint density at radius 1 is 1.43 bits per heavy atom. The zero-order valence-electron chi connectivity index (χ0n) is 12.3. The molecule has 0 spiro atoms. The minimum absolute atomic E-state index is 0.128. The molecule has 0 aliphatic heterocycles. The summed E-state index contributed by atoms with van der Waals surface area (Å²) in [5, 5.41) is 17.4. The smallest absolute Gasteiger partial charge is 0.349 e. The van der Waals surface area contributed by atoms with E-state index in [1.807, 2.05) is 24.5 Å². The van der Waals surface area contributed by atoms with Gasteiger partial charge >= 0.3 is 5.97 Å². The number of carbonyl (C=O) groups excluding carboxylic acids is 1. The van der Waals surface area contributed by atoms with E-state index >= 15 is 0 Å². The Kier molecular flexibility index (Phi) is 6.19. The molecule has 0 bridgehead atoms. The van der Waals surface area contributed by atoms with Gasteiger partial charge in [0.05, 0.1) is 6.61 Å². The highest BCUT2D eigenvalue weighted by molar-refractivity contribution is 5.98. The van der Waals surface area contributed by atoms with Crippen LogP contribution in [0.3, 0.4) is 0 Å². The van der Waals surface area contributed by atoms with Crippen LogP contribution in [0, 0.1) is 36.5 Å². The van der Waals surface area contributed by atoms with Gasteiger partial charge in [0.25, 0.3) is 0 Å². The topological polar surface area (TPSA) is 88.0 Å². The summed E-state index contributed by atoms with van der Waals surface area (Å²) in [6.07, 6.45) is 1.48. The van der Waals surface area contributed by atoms with E-state index in [1.54, 1.807) is 19.2 Å². The number of ether oxygens (including phenoxy) is 2. The highest BCUT2D eigenvalue weighted by Gasteiger charge is 2.13. The van der Waals surface area contributed by atoms with Gasteiger partial charge in [0.2, 0.25) is 0 Å². The van der Waals surface area contributed by atoms with E-state index in [2.05, 4.69) is 4.74 Å². The Bertz CT molecular complexity index is 630. The van der Waals surface area contributed by atoms with Crippen LogP contribution in [0.4, 0.5) is 0 Å². The fourth-order valence-corrected chi connectivity index (χ4v) is 1.97. The Balaban J connectivity index is 3.05. The molecule has 0 aromatic carbocycles. The molecule has 0 saturated carbocycles. The molecule has 1 aromatic rings. The molecular formula is C15H17N3O3. The van der Waals surface area contributed by atoms with Gasteiger partial charge in [-0.2, -0.15) is 10.5 Å². The van der Waals surface area contributed by atoms with Crippen molar-refractivity contribution >= 4 is 12.0 Å². The molecule has 1 aromatic heterocycles. The van der Waals surface area contributed by atoms with Crippen LogP contribution in [-0.4, -0.2) is 30.9 Å². The third kappa shape index (κ3) is 4.20. The Labute approximate surface area is 123 Å². The van der Waals surface area contributed by atoms with E-state index < -0.39 is 5.97 Å². The maximum Gasteiger partial charge on any atom is 0.349 e. The lowest BCUT2D eigenvalue weighted by atomic mass is 10.1. The van der Waals surface area contributed by atoms with Crippen LogP contribution in [-0.2, 0) is 20.8 Å². The van der Waals surface area contributed by atoms with Crippen LogP contribution in [0.25, 0.3) is 6.08 Å². The highest BCUT2D eigenvalue weighted by Crippen LogP contribution is 2.18. The van der Waals surface area contributed by atoms with Crippen molar-refractivity contribution in [1.82, 2.24) is 4.57 Å². The second-order valence-corrected chi connectivity index (χ2v) is 4.37. The average molecular weight is 287 g/mol. The van der Waals surface area contributed by atoms with Gasteiger partial charge in [0.15, 0.2) is 6.61 Å². The van der Waals surface area contributed by atoms with Crippen molar-refractivity contribution in [3.63, 3.8) is 0 Å². The molecule has 0 atom stereocenters. The summed E-state index contributed by atoms with van der Waals surface area (Å²) in [4.78, 5) is 11.6. The van der Waals surface area contributed by atoms with Gasteiger partial charge in [-0.1, -0.05) is 0 Å². The minimum Gasteiger partial charge on any atom is -0.446 e. The molecule has 0 N–H and O–H groups in total. The minimum atomic E-state index is -0.791. The molecule has 110 valence electrons. The monoisotopic (exact) mass is 287 g/mol. The zero-order chi connectivity index (χ0) is 15.8. The van der Waals surface area contributed by atoms with Gasteiger partial charge in [-0.25, -0.2) is 4.79 Å². The lowest BCUT2D eigenvalue weighted by Crippen LogP contribution is -2.08. The molecule has 0 aliphatic carbocycles. The molecular weight excluding hydrogens is 270 g/mol. The first kappa shape index (κ1) is 16.5. The van der Waals surface area contributed by atoms with Crippen molar-refractivity contribution in [2.75, 3.05) is 20.3 Å². The van der Waals surface area contributed by atoms with E-state index in [4.69, 9.17) is 15.3 Å². The maximum atomic E-state index is 11.6. The largest absolute Gasteiger partial charge is 0.446 e. The van der Waals surface area contributed by atoms with Crippen molar-refractivity contribution in [2.45, 2.75) is 20.4 Å². The molecule has 0 saturated heterocycles. The molecule has 0 amide bonds. The van der Waals surface area contributed by atoms with Crippen LogP contribution < -0.4 is 0 Å². The SMILES string of the molecule is COCCn1c(C)cc(C=C(C#N)C(=O)OCC#N)c1C. The number of carbonyl (C=O) groups is 1. The van der Waals surface area contributed by atoms with Crippen molar-refractivity contribution in [2.24, 2.45) is 0 Å². The lowest BCUT2D eigenvalue weighted by Gasteiger charge is -2.08.